The van der Waals surface area contributed by atoms with Crippen molar-refractivity contribution in [3.05, 3.63) is 76.1 Å². The van der Waals surface area contributed by atoms with Crippen LogP contribution < -0.4 is 10.3 Å². The summed E-state index contributed by atoms with van der Waals surface area (Å²) in [5.41, 5.74) is 1.88. The van der Waals surface area contributed by atoms with Gasteiger partial charge in [-0.2, -0.15) is 0 Å². The molecular formula is C22H19NO5. The zero-order valence-corrected chi connectivity index (χ0v) is 15.5. The summed E-state index contributed by atoms with van der Waals surface area (Å²) in [6.45, 7) is 3.47. The van der Waals surface area contributed by atoms with Crippen LogP contribution in [0.2, 0.25) is 0 Å². The van der Waals surface area contributed by atoms with Crippen LogP contribution in [0.4, 0.5) is 5.69 Å². The Morgan fingerprint density at radius 3 is 2.68 bits per heavy atom. The SMILES string of the molecule is C[C@H](OC(=O)c1cc(=O)c2ccccc2o1)C(=O)N1c2ccccc2C[C@H]1C. The van der Waals surface area contributed by atoms with Crippen LogP contribution in [-0.4, -0.2) is 24.0 Å². The second-order valence-electron chi connectivity index (χ2n) is 6.91. The van der Waals surface area contributed by atoms with Gasteiger partial charge in [0.05, 0.1) is 5.39 Å². The fourth-order valence-electron chi connectivity index (χ4n) is 3.57. The predicted molar refractivity (Wildman–Crippen MR) is 104 cm³/mol. The second kappa shape index (κ2) is 6.96. The van der Waals surface area contributed by atoms with Crippen LogP contribution in [0.5, 0.6) is 0 Å². The second-order valence-corrected chi connectivity index (χ2v) is 6.91. The number of hydrogen-bond acceptors (Lipinski definition) is 5. The van der Waals surface area contributed by atoms with Gasteiger partial charge in [-0.1, -0.05) is 30.3 Å². The first-order valence-corrected chi connectivity index (χ1v) is 9.10. The molecule has 2 aromatic carbocycles. The lowest BCUT2D eigenvalue weighted by atomic mass is 10.1. The minimum atomic E-state index is -1.02. The summed E-state index contributed by atoms with van der Waals surface area (Å²) < 4.78 is 10.8. The van der Waals surface area contributed by atoms with Gasteiger partial charge < -0.3 is 14.1 Å². The fourth-order valence-corrected chi connectivity index (χ4v) is 3.57. The van der Waals surface area contributed by atoms with Crippen molar-refractivity contribution in [2.24, 2.45) is 0 Å². The minimum absolute atomic E-state index is 0.0235. The van der Waals surface area contributed by atoms with Gasteiger partial charge in [-0.3, -0.25) is 9.59 Å². The first-order chi connectivity index (χ1) is 13.5. The van der Waals surface area contributed by atoms with Crippen molar-refractivity contribution in [3.63, 3.8) is 0 Å². The molecule has 4 rings (SSSR count). The van der Waals surface area contributed by atoms with E-state index < -0.39 is 12.1 Å². The molecule has 2 atom stereocenters. The summed E-state index contributed by atoms with van der Waals surface area (Å²) in [6, 6.07) is 15.4. The van der Waals surface area contributed by atoms with E-state index in [0.717, 1.165) is 23.7 Å². The molecule has 6 nitrogen and oxygen atoms in total. The average Bonchev–Trinajstić information content (AvgIpc) is 3.02. The summed E-state index contributed by atoms with van der Waals surface area (Å²) in [5.74, 6) is -1.38. The van der Waals surface area contributed by atoms with Crippen molar-refractivity contribution in [2.45, 2.75) is 32.4 Å². The number of hydrogen-bond donors (Lipinski definition) is 0. The minimum Gasteiger partial charge on any atom is -0.449 e. The molecule has 0 saturated heterocycles. The van der Waals surface area contributed by atoms with Crippen molar-refractivity contribution in [1.82, 2.24) is 0 Å². The fraction of sp³-hybridized carbons (Fsp3) is 0.227. The average molecular weight is 377 g/mol. The van der Waals surface area contributed by atoms with E-state index in [1.807, 2.05) is 31.2 Å². The number of ether oxygens (including phenoxy) is 1. The molecule has 1 aliphatic rings. The lowest BCUT2D eigenvalue weighted by Gasteiger charge is -2.25. The molecule has 0 bridgehead atoms. The Hall–Kier alpha value is -3.41. The molecule has 6 heteroatoms. The highest BCUT2D eigenvalue weighted by Crippen LogP contribution is 2.32. The molecule has 1 aromatic heterocycles. The van der Waals surface area contributed by atoms with Crippen LogP contribution >= 0.6 is 0 Å². The third-order valence-electron chi connectivity index (χ3n) is 4.91. The Labute approximate surface area is 161 Å². The highest BCUT2D eigenvalue weighted by atomic mass is 16.6. The standard InChI is InChI=1S/C22H19NO5/c1-13-11-15-7-3-5-9-17(15)23(13)21(25)14(2)27-22(26)20-12-18(24)16-8-4-6-10-19(16)28-20/h3-10,12-14H,11H2,1-2H3/t13-,14+/m1/s1. The zero-order chi connectivity index (χ0) is 19.8. The molecule has 3 aromatic rings. The summed E-state index contributed by atoms with van der Waals surface area (Å²) in [6.07, 6.45) is -0.264. The number of nitrogens with zero attached hydrogens (tertiary/aromatic N) is 1. The molecule has 2 heterocycles. The molecule has 0 aliphatic carbocycles. The summed E-state index contributed by atoms with van der Waals surface area (Å²) >= 11 is 0. The Bertz CT molecular complexity index is 1130. The van der Waals surface area contributed by atoms with Crippen molar-refractivity contribution in [3.8, 4) is 0 Å². The molecule has 0 N–H and O–H groups in total. The van der Waals surface area contributed by atoms with E-state index >= 15 is 0 Å². The van der Waals surface area contributed by atoms with Crippen LogP contribution in [0.1, 0.15) is 30.0 Å². The molecule has 28 heavy (non-hydrogen) atoms. The molecule has 0 radical (unpaired) electrons. The number of para-hydroxylation sites is 2. The van der Waals surface area contributed by atoms with Crippen LogP contribution in [0.15, 0.2) is 63.8 Å². The topological polar surface area (TPSA) is 76.8 Å². The van der Waals surface area contributed by atoms with E-state index in [1.165, 1.54) is 6.92 Å². The van der Waals surface area contributed by atoms with Crippen molar-refractivity contribution >= 4 is 28.5 Å². The third-order valence-corrected chi connectivity index (χ3v) is 4.91. The van der Waals surface area contributed by atoms with Gasteiger partial charge in [0, 0.05) is 17.8 Å². The highest BCUT2D eigenvalue weighted by molar-refractivity contribution is 6.00. The first-order valence-electron chi connectivity index (χ1n) is 9.10. The maximum Gasteiger partial charge on any atom is 0.375 e. The Morgan fingerprint density at radius 2 is 1.86 bits per heavy atom. The van der Waals surface area contributed by atoms with Crippen molar-refractivity contribution in [1.29, 1.82) is 0 Å². The number of amides is 1. The van der Waals surface area contributed by atoms with Gasteiger partial charge >= 0.3 is 5.97 Å². The van der Waals surface area contributed by atoms with E-state index in [0.29, 0.717) is 11.0 Å². The number of carbonyl (C=O) groups is 2. The van der Waals surface area contributed by atoms with Gasteiger partial charge in [-0.25, -0.2) is 4.79 Å². The van der Waals surface area contributed by atoms with E-state index in [4.69, 9.17) is 9.15 Å². The van der Waals surface area contributed by atoms with Gasteiger partial charge in [0.1, 0.15) is 5.58 Å². The lowest BCUT2D eigenvalue weighted by Crippen LogP contribution is -2.43. The van der Waals surface area contributed by atoms with E-state index in [-0.39, 0.29) is 23.1 Å². The normalized spacial score (nSPS) is 16.6. The number of esters is 1. The molecule has 0 saturated carbocycles. The van der Waals surface area contributed by atoms with Crippen molar-refractivity contribution in [2.75, 3.05) is 4.90 Å². The van der Waals surface area contributed by atoms with E-state index in [1.54, 1.807) is 29.2 Å². The lowest BCUT2D eigenvalue weighted by molar-refractivity contribution is -0.126. The third kappa shape index (κ3) is 3.07. The number of anilines is 1. The molecule has 1 amide bonds. The van der Waals surface area contributed by atoms with Gasteiger partial charge in [0.15, 0.2) is 11.5 Å². The zero-order valence-electron chi connectivity index (χ0n) is 15.5. The van der Waals surface area contributed by atoms with Crippen LogP contribution in [-0.2, 0) is 16.0 Å². The highest BCUT2D eigenvalue weighted by Gasteiger charge is 2.34. The molecule has 0 fully saturated rings. The Morgan fingerprint density at radius 1 is 1.14 bits per heavy atom. The summed E-state index contributed by atoms with van der Waals surface area (Å²) in [7, 11) is 0. The molecule has 0 unspecified atom stereocenters. The van der Waals surface area contributed by atoms with Gasteiger partial charge in [-0.15, -0.1) is 0 Å². The molecule has 142 valence electrons. The first kappa shape index (κ1) is 18.0. The van der Waals surface area contributed by atoms with Gasteiger partial charge in [0.2, 0.25) is 5.76 Å². The van der Waals surface area contributed by atoms with Gasteiger partial charge in [0.25, 0.3) is 5.91 Å². The van der Waals surface area contributed by atoms with E-state index in [2.05, 4.69) is 0 Å². The molecular weight excluding hydrogens is 358 g/mol. The van der Waals surface area contributed by atoms with Gasteiger partial charge in [-0.05, 0) is 44.0 Å². The maximum atomic E-state index is 12.9. The number of fused-ring (bicyclic) bond motifs is 2. The Balaban J connectivity index is 1.55. The van der Waals surface area contributed by atoms with E-state index in [9.17, 15) is 14.4 Å². The smallest absolute Gasteiger partial charge is 0.375 e. The molecule has 0 spiro atoms. The maximum absolute atomic E-state index is 12.9. The quantitative estimate of drug-likeness (QED) is 0.655. The molecule has 1 aliphatic heterocycles. The number of rotatable bonds is 3. The Kier molecular flexibility index (Phi) is 4.47. The number of carbonyl (C=O) groups excluding carboxylic acids is 2. The monoisotopic (exact) mass is 377 g/mol. The van der Waals surface area contributed by atoms with Crippen molar-refractivity contribution < 1.29 is 18.7 Å². The van der Waals surface area contributed by atoms with Crippen LogP contribution in [0, 0.1) is 0 Å². The van der Waals surface area contributed by atoms with Crippen LogP contribution in [0.25, 0.3) is 11.0 Å². The van der Waals surface area contributed by atoms with Crippen LogP contribution in [0.3, 0.4) is 0 Å². The summed E-state index contributed by atoms with van der Waals surface area (Å²) in [5, 5.41) is 0.380. The summed E-state index contributed by atoms with van der Waals surface area (Å²) in [4.78, 5) is 39.2. The number of benzene rings is 2. The largest absolute Gasteiger partial charge is 0.449 e. The predicted octanol–water partition coefficient (Wildman–Crippen LogP) is 3.32.